The molecule has 0 heterocycles. The van der Waals surface area contributed by atoms with Gasteiger partial charge in [0.05, 0.1) is 10.6 Å². The fourth-order valence-corrected chi connectivity index (χ4v) is 3.44. The largest absolute Gasteiger partial charge is 0.267 e. The summed E-state index contributed by atoms with van der Waals surface area (Å²) in [6.07, 6.45) is 0. The zero-order chi connectivity index (χ0) is 13.9. The van der Waals surface area contributed by atoms with Crippen molar-refractivity contribution in [3.05, 3.63) is 59.6 Å². The first-order chi connectivity index (χ1) is 9.05. The molecular formula is C14H14ClNO2S. The van der Waals surface area contributed by atoms with E-state index >= 15 is 0 Å². The summed E-state index contributed by atoms with van der Waals surface area (Å²) in [4.78, 5) is 0.284. The first-order valence-electron chi connectivity index (χ1n) is 5.89. The van der Waals surface area contributed by atoms with Crippen LogP contribution in [0.25, 0.3) is 0 Å². The van der Waals surface area contributed by atoms with Crippen LogP contribution in [0, 0.1) is 0 Å². The summed E-state index contributed by atoms with van der Waals surface area (Å²) in [6, 6.07) is 15.2. The lowest BCUT2D eigenvalue weighted by Crippen LogP contribution is -2.30. The molecule has 0 aromatic heterocycles. The molecule has 2 aromatic carbocycles. The summed E-state index contributed by atoms with van der Waals surface area (Å²) in [5.41, 5.74) is 0.607. The van der Waals surface area contributed by atoms with Gasteiger partial charge in [-0.05, 0) is 43.3 Å². The highest BCUT2D eigenvalue weighted by molar-refractivity contribution is 7.92. The van der Waals surface area contributed by atoms with Gasteiger partial charge in [-0.3, -0.25) is 4.31 Å². The van der Waals surface area contributed by atoms with Gasteiger partial charge in [0, 0.05) is 11.6 Å². The number of hydrogen-bond acceptors (Lipinski definition) is 2. The van der Waals surface area contributed by atoms with Gasteiger partial charge in [-0.15, -0.1) is 0 Å². The highest BCUT2D eigenvalue weighted by atomic mass is 35.5. The Bertz CT molecular complexity index is 639. The van der Waals surface area contributed by atoms with E-state index in [1.54, 1.807) is 61.5 Å². The SMILES string of the molecule is CCN(c1ccc(Cl)cc1)S(=O)(=O)c1ccccc1. The summed E-state index contributed by atoms with van der Waals surface area (Å²) in [6.45, 7) is 2.16. The van der Waals surface area contributed by atoms with Crippen LogP contribution in [0.4, 0.5) is 5.69 Å². The van der Waals surface area contributed by atoms with Crippen molar-refractivity contribution in [1.29, 1.82) is 0 Å². The lowest BCUT2D eigenvalue weighted by molar-refractivity contribution is 0.592. The predicted octanol–water partition coefficient (Wildman–Crippen LogP) is 3.56. The van der Waals surface area contributed by atoms with Crippen LogP contribution in [0.2, 0.25) is 5.02 Å². The molecule has 3 nitrogen and oxygen atoms in total. The maximum atomic E-state index is 12.5. The number of rotatable bonds is 4. The van der Waals surface area contributed by atoms with Gasteiger partial charge in [0.15, 0.2) is 0 Å². The van der Waals surface area contributed by atoms with Crippen molar-refractivity contribution in [2.75, 3.05) is 10.8 Å². The fraction of sp³-hybridized carbons (Fsp3) is 0.143. The number of sulfonamides is 1. The Morgan fingerprint density at radius 1 is 1.00 bits per heavy atom. The minimum atomic E-state index is -3.53. The van der Waals surface area contributed by atoms with E-state index in [2.05, 4.69) is 0 Å². The Balaban J connectivity index is 2.45. The van der Waals surface area contributed by atoms with Gasteiger partial charge in [-0.25, -0.2) is 8.42 Å². The smallest absolute Gasteiger partial charge is 0.264 e. The molecule has 0 aliphatic rings. The Morgan fingerprint density at radius 3 is 2.11 bits per heavy atom. The van der Waals surface area contributed by atoms with Crippen LogP contribution < -0.4 is 4.31 Å². The van der Waals surface area contributed by atoms with Gasteiger partial charge in [0.25, 0.3) is 10.0 Å². The van der Waals surface area contributed by atoms with Crippen LogP contribution in [0.1, 0.15) is 6.92 Å². The molecule has 0 spiro atoms. The van der Waals surface area contributed by atoms with Gasteiger partial charge >= 0.3 is 0 Å². The highest BCUT2D eigenvalue weighted by Crippen LogP contribution is 2.24. The topological polar surface area (TPSA) is 37.4 Å². The van der Waals surface area contributed by atoms with Crippen molar-refractivity contribution in [1.82, 2.24) is 0 Å². The molecule has 0 unspecified atom stereocenters. The van der Waals surface area contributed by atoms with Crippen molar-refractivity contribution in [2.45, 2.75) is 11.8 Å². The van der Waals surface area contributed by atoms with Crippen LogP contribution in [0.5, 0.6) is 0 Å². The molecule has 19 heavy (non-hydrogen) atoms. The Kier molecular flexibility index (Phi) is 4.12. The zero-order valence-corrected chi connectivity index (χ0v) is 12.0. The summed E-state index contributed by atoms with van der Waals surface area (Å²) < 4.78 is 26.4. The minimum Gasteiger partial charge on any atom is -0.267 e. The number of anilines is 1. The van der Waals surface area contributed by atoms with E-state index in [1.807, 2.05) is 0 Å². The molecule has 100 valence electrons. The molecule has 0 aliphatic heterocycles. The van der Waals surface area contributed by atoms with Crippen LogP contribution in [-0.4, -0.2) is 15.0 Å². The molecule has 5 heteroatoms. The van der Waals surface area contributed by atoms with Gasteiger partial charge < -0.3 is 0 Å². The number of halogens is 1. The van der Waals surface area contributed by atoms with E-state index in [9.17, 15) is 8.42 Å². The first kappa shape index (κ1) is 13.9. The van der Waals surface area contributed by atoms with Crippen molar-refractivity contribution >= 4 is 27.3 Å². The Morgan fingerprint density at radius 2 is 1.58 bits per heavy atom. The molecule has 0 aliphatic carbocycles. The van der Waals surface area contributed by atoms with Crippen molar-refractivity contribution in [2.24, 2.45) is 0 Å². The van der Waals surface area contributed by atoms with Gasteiger partial charge in [0.1, 0.15) is 0 Å². The first-order valence-corrected chi connectivity index (χ1v) is 7.71. The quantitative estimate of drug-likeness (QED) is 0.865. The van der Waals surface area contributed by atoms with Crippen molar-refractivity contribution < 1.29 is 8.42 Å². The van der Waals surface area contributed by atoms with Crippen LogP contribution in [0.15, 0.2) is 59.5 Å². The third kappa shape index (κ3) is 2.91. The molecule has 0 fully saturated rings. The second-order valence-corrected chi connectivity index (χ2v) is 6.26. The summed E-state index contributed by atoms with van der Waals surface area (Å²) in [7, 11) is -3.53. The molecule has 0 saturated carbocycles. The minimum absolute atomic E-state index is 0.284. The third-order valence-corrected chi connectivity index (χ3v) is 4.90. The molecule has 0 N–H and O–H groups in total. The molecule has 0 bridgehead atoms. The molecule has 0 amide bonds. The van der Waals surface area contributed by atoms with E-state index in [-0.39, 0.29) is 4.90 Å². The molecule has 0 saturated heterocycles. The Hall–Kier alpha value is -1.52. The van der Waals surface area contributed by atoms with Gasteiger partial charge in [-0.2, -0.15) is 0 Å². The van der Waals surface area contributed by atoms with Gasteiger partial charge in [-0.1, -0.05) is 29.8 Å². The molecule has 0 atom stereocenters. The van der Waals surface area contributed by atoms with Crippen molar-refractivity contribution in [3.63, 3.8) is 0 Å². The van der Waals surface area contributed by atoms with E-state index in [4.69, 9.17) is 11.6 Å². The lowest BCUT2D eigenvalue weighted by atomic mass is 10.3. The average Bonchev–Trinajstić information content (AvgIpc) is 2.42. The third-order valence-electron chi connectivity index (χ3n) is 2.73. The summed E-state index contributed by atoms with van der Waals surface area (Å²) in [5.74, 6) is 0. The van der Waals surface area contributed by atoms with Crippen molar-refractivity contribution in [3.8, 4) is 0 Å². The molecule has 2 rings (SSSR count). The van der Waals surface area contributed by atoms with E-state index in [0.717, 1.165) is 0 Å². The fourth-order valence-electron chi connectivity index (χ4n) is 1.82. The van der Waals surface area contributed by atoms with Crippen LogP contribution in [-0.2, 0) is 10.0 Å². The maximum absolute atomic E-state index is 12.5. The Labute approximate surface area is 118 Å². The predicted molar refractivity (Wildman–Crippen MR) is 78.1 cm³/mol. The highest BCUT2D eigenvalue weighted by Gasteiger charge is 2.22. The number of hydrogen-bond donors (Lipinski definition) is 0. The zero-order valence-electron chi connectivity index (χ0n) is 10.5. The molecular weight excluding hydrogens is 282 g/mol. The second kappa shape index (κ2) is 5.63. The molecule has 0 radical (unpaired) electrons. The van der Waals surface area contributed by atoms with Crippen LogP contribution >= 0.6 is 11.6 Å². The lowest BCUT2D eigenvalue weighted by Gasteiger charge is -2.22. The summed E-state index contributed by atoms with van der Waals surface area (Å²) >= 11 is 5.82. The maximum Gasteiger partial charge on any atom is 0.264 e. The van der Waals surface area contributed by atoms with E-state index in [1.165, 1.54) is 4.31 Å². The number of nitrogens with zero attached hydrogens (tertiary/aromatic N) is 1. The normalized spacial score (nSPS) is 11.3. The number of benzene rings is 2. The van der Waals surface area contributed by atoms with E-state index < -0.39 is 10.0 Å². The average molecular weight is 296 g/mol. The standard InChI is InChI=1S/C14H14ClNO2S/c1-2-16(13-10-8-12(15)9-11-13)19(17,18)14-6-4-3-5-7-14/h3-11H,2H2,1H3. The second-order valence-electron chi connectivity index (χ2n) is 3.96. The van der Waals surface area contributed by atoms with Gasteiger partial charge in [0.2, 0.25) is 0 Å². The summed E-state index contributed by atoms with van der Waals surface area (Å²) in [5, 5.41) is 0.580. The monoisotopic (exact) mass is 295 g/mol. The van der Waals surface area contributed by atoms with E-state index in [0.29, 0.717) is 17.3 Å². The molecule has 2 aromatic rings. The van der Waals surface area contributed by atoms with Crippen LogP contribution in [0.3, 0.4) is 0 Å².